The quantitative estimate of drug-likeness (QED) is 0.803. The van der Waals surface area contributed by atoms with E-state index in [0.717, 1.165) is 20.8 Å². The molecule has 18 heavy (non-hydrogen) atoms. The summed E-state index contributed by atoms with van der Waals surface area (Å²) in [6.45, 7) is 0.563. The summed E-state index contributed by atoms with van der Waals surface area (Å²) in [7, 11) is 0. The van der Waals surface area contributed by atoms with E-state index in [4.69, 9.17) is 17.3 Å². The van der Waals surface area contributed by atoms with Gasteiger partial charge in [-0.2, -0.15) is 0 Å². The van der Waals surface area contributed by atoms with Crippen LogP contribution in [0.1, 0.15) is 11.1 Å². The molecule has 0 aliphatic rings. The highest BCUT2D eigenvalue weighted by molar-refractivity contribution is 9.10. The zero-order chi connectivity index (χ0) is 13.0. The highest BCUT2D eigenvalue weighted by Gasteiger charge is 2.00. The third-order valence-corrected chi connectivity index (χ3v) is 4.24. The van der Waals surface area contributed by atoms with Crippen LogP contribution in [0.25, 0.3) is 0 Å². The van der Waals surface area contributed by atoms with Crippen LogP contribution in [-0.4, -0.2) is 0 Å². The molecule has 0 spiro atoms. The predicted molar refractivity (Wildman–Crippen MR) is 83.0 cm³/mol. The zero-order valence-corrected chi connectivity index (χ0v) is 12.9. The minimum absolute atomic E-state index is 0.563. The number of halogens is 2. The van der Waals surface area contributed by atoms with Gasteiger partial charge in [0.25, 0.3) is 0 Å². The zero-order valence-electron chi connectivity index (χ0n) is 9.70. The Morgan fingerprint density at radius 1 is 1.06 bits per heavy atom. The number of hydrogen-bond donors (Lipinski definition) is 1. The van der Waals surface area contributed by atoms with Crippen LogP contribution in [0.5, 0.6) is 0 Å². The minimum atomic E-state index is 0.563. The maximum atomic E-state index is 5.86. The van der Waals surface area contributed by atoms with E-state index in [9.17, 15) is 0 Å². The Kier molecular flexibility index (Phi) is 5.13. The van der Waals surface area contributed by atoms with Crippen LogP contribution >= 0.6 is 39.3 Å². The first kappa shape index (κ1) is 13.9. The molecule has 0 saturated carbocycles. The first-order chi connectivity index (χ1) is 8.67. The van der Waals surface area contributed by atoms with Crippen LogP contribution in [0, 0.1) is 0 Å². The van der Waals surface area contributed by atoms with Gasteiger partial charge >= 0.3 is 0 Å². The molecule has 94 valence electrons. The lowest BCUT2D eigenvalue weighted by molar-refractivity contribution is 1.06. The summed E-state index contributed by atoms with van der Waals surface area (Å²) in [6, 6.07) is 14.2. The van der Waals surface area contributed by atoms with Gasteiger partial charge in [0.1, 0.15) is 0 Å². The van der Waals surface area contributed by atoms with E-state index in [1.807, 2.05) is 18.2 Å². The van der Waals surface area contributed by atoms with E-state index >= 15 is 0 Å². The Bertz CT molecular complexity index is 528. The monoisotopic (exact) mass is 341 g/mol. The maximum Gasteiger partial charge on any atom is 0.0406 e. The molecule has 0 saturated heterocycles. The van der Waals surface area contributed by atoms with E-state index in [1.54, 1.807) is 11.8 Å². The summed E-state index contributed by atoms with van der Waals surface area (Å²) in [5.74, 6) is 0.928. The molecule has 2 N–H and O–H groups in total. The second kappa shape index (κ2) is 6.62. The smallest absolute Gasteiger partial charge is 0.0406 e. The molecule has 0 heterocycles. The molecular formula is C14H13BrClNS. The summed E-state index contributed by atoms with van der Waals surface area (Å²) in [6.07, 6.45) is 0. The average Bonchev–Trinajstić information content (AvgIpc) is 2.37. The van der Waals surface area contributed by atoms with Crippen LogP contribution in [-0.2, 0) is 12.3 Å². The van der Waals surface area contributed by atoms with Crippen molar-refractivity contribution in [2.24, 2.45) is 5.73 Å². The molecular weight excluding hydrogens is 330 g/mol. The van der Waals surface area contributed by atoms with Gasteiger partial charge in [-0.1, -0.05) is 39.7 Å². The summed E-state index contributed by atoms with van der Waals surface area (Å²) in [5.41, 5.74) is 8.07. The molecule has 4 heteroatoms. The first-order valence-electron chi connectivity index (χ1n) is 5.54. The third kappa shape index (κ3) is 4.02. The van der Waals surface area contributed by atoms with Crippen molar-refractivity contribution in [1.29, 1.82) is 0 Å². The molecule has 1 nitrogen and oxygen atoms in total. The van der Waals surface area contributed by atoms with Crippen molar-refractivity contribution in [1.82, 2.24) is 0 Å². The summed E-state index contributed by atoms with van der Waals surface area (Å²) in [4.78, 5) is 1.22. The molecule has 0 unspecified atom stereocenters. The van der Waals surface area contributed by atoms with Crippen LogP contribution < -0.4 is 5.73 Å². The van der Waals surface area contributed by atoms with Gasteiger partial charge in [0.05, 0.1) is 0 Å². The highest BCUT2D eigenvalue weighted by atomic mass is 79.9. The second-order valence-electron chi connectivity index (χ2n) is 3.91. The van der Waals surface area contributed by atoms with Crippen molar-refractivity contribution in [3.63, 3.8) is 0 Å². The Morgan fingerprint density at radius 2 is 1.78 bits per heavy atom. The summed E-state index contributed by atoms with van der Waals surface area (Å²) in [5, 5.41) is 0.775. The standard InChI is InChI=1S/C14H13BrClNS/c15-12-5-11(8-17)6-14(7-12)18-9-10-1-3-13(16)4-2-10/h1-7H,8-9,17H2. The second-order valence-corrected chi connectivity index (χ2v) is 6.32. The molecule has 0 aliphatic carbocycles. The van der Waals surface area contributed by atoms with Gasteiger partial charge in [0, 0.05) is 26.7 Å². The fraction of sp³-hybridized carbons (Fsp3) is 0.143. The van der Waals surface area contributed by atoms with Crippen molar-refractivity contribution in [3.05, 3.63) is 63.1 Å². The van der Waals surface area contributed by atoms with Crippen molar-refractivity contribution in [2.45, 2.75) is 17.2 Å². The van der Waals surface area contributed by atoms with Gasteiger partial charge in [-0.05, 0) is 41.5 Å². The van der Waals surface area contributed by atoms with Gasteiger partial charge in [-0.3, -0.25) is 0 Å². The number of nitrogens with two attached hydrogens (primary N) is 1. The van der Waals surface area contributed by atoms with Crippen LogP contribution in [0.3, 0.4) is 0 Å². The molecule has 0 aliphatic heterocycles. The average molecular weight is 343 g/mol. The number of hydrogen-bond acceptors (Lipinski definition) is 2. The Balaban J connectivity index is 2.05. The lowest BCUT2D eigenvalue weighted by Crippen LogP contribution is -1.96. The molecule has 0 aromatic heterocycles. The normalized spacial score (nSPS) is 10.6. The van der Waals surface area contributed by atoms with Gasteiger partial charge < -0.3 is 5.73 Å². The predicted octanol–water partition coefficient (Wildman–Crippen LogP) is 4.85. The molecule has 0 amide bonds. The van der Waals surface area contributed by atoms with Crippen molar-refractivity contribution >= 4 is 39.3 Å². The van der Waals surface area contributed by atoms with Gasteiger partial charge in [0.2, 0.25) is 0 Å². The molecule has 0 bridgehead atoms. The van der Waals surface area contributed by atoms with Crippen LogP contribution in [0.2, 0.25) is 5.02 Å². The molecule has 0 radical (unpaired) electrons. The van der Waals surface area contributed by atoms with Crippen molar-refractivity contribution < 1.29 is 0 Å². The Morgan fingerprint density at radius 3 is 2.44 bits per heavy atom. The fourth-order valence-corrected chi connectivity index (χ4v) is 3.36. The molecule has 2 rings (SSSR count). The minimum Gasteiger partial charge on any atom is -0.326 e. The maximum absolute atomic E-state index is 5.86. The third-order valence-electron chi connectivity index (χ3n) is 2.49. The van der Waals surface area contributed by atoms with Gasteiger partial charge in [-0.25, -0.2) is 0 Å². The first-order valence-corrected chi connectivity index (χ1v) is 7.70. The highest BCUT2D eigenvalue weighted by Crippen LogP contribution is 2.27. The summed E-state index contributed by atoms with van der Waals surface area (Å²) >= 11 is 11.2. The summed E-state index contributed by atoms with van der Waals surface area (Å²) < 4.78 is 1.07. The van der Waals surface area contributed by atoms with Crippen LogP contribution in [0.15, 0.2) is 51.8 Å². The Labute approximate surface area is 125 Å². The molecule has 0 atom stereocenters. The number of benzene rings is 2. The SMILES string of the molecule is NCc1cc(Br)cc(SCc2ccc(Cl)cc2)c1. The van der Waals surface area contributed by atoms with E-state index in [-0.39, 0.29) is 0 Å². The van der Waals surface area contributed by atoms with Crippen molar-refractivity contribution in [2.75, 3.05) is 0 Å². The van der Waals surface area contributed by atoms with Crippen LogP contribution in [0.4, 0.5) is 0 Å². The van der Waals surface area contributed by atoms with Gasteiger partial charge in [-0.15, -0.1) is 11.8 Å². The van der Waals surface area contributed by atoms with E-state index in [1.165, 1.54) is 10.5 Å². The molecule has 2 aromatic carbocycles. The lowest BCUT2D eigenvalue weighted by atomic mass is 10.2. The van der Waals surface area contributed by atoms with E-state index < -0.39 is 0 Å². The number of rotatable bonds is 4. The van der Waals surface area contributed by atoms with Crippen molar-refractivity contribution in [3.8, 4) is 0 Å². The topological polar surface area (TPSA) is 26.0 Å². The largest absolute Gasteiger partial charge is 0.326 e. The Hall–Kier alpha value is -0.480. The molecule has 0 fully saturated rings. The van der Waals surface area contributed by atoms with E-state index in [2.05, 4.69) is 40.2 Å². The number of thioether (sulfide) groups is 1. The van der Waals surface area contributed by atoms with E-state index in [0.29, 0.717) is 6.54 Å². The molecule has 2 aromatic rings. The fourth-order valence-electron chi connectivity index (χ4n) is 1.57. The lowest BCUT2D eigenvalue weighted by Gasteiger charge is -2.06. The van der Waals surface area contributed by atoms with Gasteiger partial charge in [0.15, 0.2) is 0 Å².